The quantitative estimate of drug-likeness (QED) is 0.575. The highest BCUT2D eigenvalue weighted by molar-refractivity contribution is 6.30. The maximum atomic E-state index is 13.5. The number of rotatable bonds is 2. The number of Topliss-reactive ketones (excluding diaryl/α,β-unsaturated/α-hetero) is 1. The molecule has 3 atom stereocenters. The van der Waals surface area contributed by atoms with Gasteiger partial charge in [0.05, 0.1) is 24.5 Å². The minimum Gasteiger partial charge on any atom is -0.468 e. The van der Waals surface area contributed by atoms with E-state index < -0.39 is 17.9 Å². The molecule has 0 radical (unpaired) electrons. The van der Waals surface area contributed by atoms with E-state index in [2.05, 4.69) is 10.6 Å². The molecule has 0 saturated heterocycles. The van der Waals surface area contributed by atoms with Gasteiger partial charge in [0.25, 0.3) is 0 Å². The van der Waals surface area contributed by atoms with Crippen LogP contribution in [0.25, 0.3) is 0 Å². The van der Waals surface area contributed by atoms with Gasteiger partial charge < -0.3 is 15.4 Å². The Labute approximate surface area is 168 Å². The monoisotopic (exact) mass is 396 g/mol. The van der Waals surface area contributed by atoms with Crippen molar-refractivity contribution >= 4 is 34.7 Å². The Hall–Kier alpha value is -2.79. The normalized spacial score (nSPS) is 23.7. The van der Waals surface area contributed by atoms with Crippen LogP contribution in [0.15, 0.2) is 59.8 Å². The Morgan fingerprint density at radius 3 is 2.46 bits per heavy atom. The van der Waals surface area contributed by atoms with E-state index in [4.69, 9.17) is 16.3 Å². The molecule has 0 amide bonds. The highest BCUT2D eigenvalue weighted by Gasteiger charge is 2.44. The third-order valence-electron chi connectivity index (χ3n) is 5.43. The SMILES string of the molecule is COC(=O)[C@@H]1C(=O)C2=C(C[C@H]1C)Nc1ccccc1N[C@H]2c1ccc(Cl)cc1. The number of ether oxygens (including phenoxy) is 1. The number of nitrogens with one attached hydrogen (secondary N) is 2. The molecule has 2 N–H and O–H groups in total. The molecule has 0 aromatic heterocycles. The molecule has 5 nitrogen and oxygen atoms in total. The summed E-state index contributed by atoms with van der Waals surface area (Å²) in [5, 5.41) is 7.54. The van der Waals surface area contributed by atoms with Crippen molar-refractivity contribution in [2.75, 3.05) is 17.7 Å². The second-order valence-corrected chi connectivity index (χ2v) is 7.67. The molecule has 28 heavy (non-hydrogen) atoms. The maximum absolute atomic E-state index is 13.5. The molecule has 2 aliphatic rings. The van der Waals surface area contributed by atoms with Gasteiger partial charge in [-0.25, -0.2) is 0 Å². The second kappa shape index (κ2) is 7.32. The van der Waals surface area contributed by atoms with Crippen molar-refractivity contribution in [2.24, 2.45) is 11.8 Å². The Kier molecular flexibility index (Phi) is 4.85. The average molecular weight is 397 g/mol. The topological polar surface area (TPSA) is 67.4 Å². The lowest BCUT2D eigenvalue weighted by atomic mass is 9.75. The number of fused-ring (bicyclic) bond motifs is 1. The molecular formula is C22H21ClN2O3. The Balaban J connectivity index is 1.87. The summed E-state index contributed by atoms with van der Waals surface area (Å²) in [4.78, 5) is 25.8. The molecule has 2 aromatic carbocycles. The second-order valence-electron chi connectivity index (χ2n) is 7.24. The van der Waals surface area contributed by atoms with Gasteiger partial charge in [0.1, 0.15) is 5.92 Å². The average Bonchev–Trinajstić information content (AvgIpc) is 2.85. The van der Waals surface area contributed by atoms with Crippen LogP contribution in [0.1, 0.15) is 24.9 Å². The smallest absolute Gasteiger partial charge is 0.316 e. The summed E-state index contributed by atoms with van der Waals surface area (Å²) in [5.41, 5.74) is 4.12. The first-order valence-electron chi connectivity index (χ1n) is 9.22. The zero-order chi connectivity index (χ0) is 19.8. The van der Waals surface area contributed by atoms with E-state index in [0.29, 0.717) is 17.0 Å². The van der Waals surface area contributed by atoms with Crippen molar-refractivity contribution in [3.8, 4) is 0 Å². The number of carbonyl (C=O) groups excluding carboxylic acids is 2. The van der Waals surface area contributed by atoms with Gasteiger partial charge in [-0.05, 0) is 42.2 Å². The Morgan fingerprint density at radius 1 is 1.11 bits per heavy atom. The van der Waals surface area contributed by atoms with Crippen molar-refractivity contribution in [1.29, 1.82) is 0 Å². The van der Waals surface area contributed by atoms with Crippen molar-refractivity contribution < 1.29 is 14.3 Å². The van der Waals surface area contributed by atoms with Crippen molar-refractivity contribution in [3.05, 3.63) is 70.4 Å². The zero-order valence-electron chi connectivity index (χ0n) is 15.7. The van der Waals surface area contributed by atoms with E-state index >= 15 is 0 Å². The number of ketones is 1. The van der Waals surface area contributed by atoms with Crippen LogP contribution in [-0.4, -0.2) is 18.9 Å². The number of para-hydroxylation sites is 2. The molecule has 6 heteroatoms. The lowest BCUT2D eigenvalue weighted by Crippen LogP contribution is -2.39. The number of halogens is 1. The molecule has 0 bridgehead atoms. The van der Waals surface area contributed by atoms with Crippen molar-refractivity contribution in [3.63, 3.8) is 0 Å². The van der Waals surface area contributed by atoms with Crippen molar-refractivity contribution in [1.82, 2.24) is 0 Å². The molecule has 1 aliphatic carbocycles. The Bertz CT molecular complexity index is 968. The first kappa shape index (κ1) is 18.6. The number of allylic oxidation sites excluding steroid dienone is 1. The van der Waals surface area contributed by atoms with Gasteiger partial charge in [-0.1, -0.05) is 42.8 Å². The van der Waals surface area contributed by atoms with E-state index in [9.17, 15) is 9.59 Å². The minimum atomic E-state index is -0.802. The van der Waals surface area contributed by atoms with Gasteiger partial charge in [0.15, 0.2) is 5.78 Å². The van der Waals surface area contributed by atoms with E-state index in [1.165, 1.54) is 7.11 Å². The number of hydrogen-bond donors (Lipinski definition) is 2. The van der Waals surface area contributed by atoms with Gasteiger partial charge in [0, 0.05) is 16.3 Å². The third-order valence-corrected chi connectivity index (χ3v) is 5.68. The third kappa shape index (κ3) is 3.16. The number of benzene rings is 2. The molecule has 4 rings (SSSR count). The van der Waals surface area contributed by atoms with Gasteiger partial charge >= 0.3 is 5.97 Å². The van der Waals surface area contributed by atoms with Crippen LogP contribution in [0.4, 0.5) is 11.4 Å². The molecule has 1 heterocycles. The summed E-state index contributed by atoms with van der Waals surface area (Å²) in [6.07, 6.45) is 0.584. The van der Waals surface area contributed by atoms with Crippen LogP contribution in [0.5, 0.6) is 0 Å². The molecule has 0 spiro atoms. The number of hydrogen-bond acceptors (Lipinski definition) is 5. The minimum absolute atomic E-state index is 0.151. The molecule has 2 aromatic rings. The Morgan fingerprint density at radius 2 is 1.79 bits per heavy atom. The number of carbonyl (C=O) groups is 2. The van der Waals surface area contributed by atoms with Crippen LogP contribution in [-0.2, 0) is 14.3 Å². The summed E-state index contributed by atoms with van der Waals surface area (Å²) >= 11 is 6.06. The van der Waals surface area contributed by atoms with Gasteiger partial charge in [-0.15, -0.1) is 0 Å². The zero-order valence-corrected chi connectivity index (χ0v) is 16.4. The summed E-state index contributed by atoms with van der Waals surface area (Å²) in [7, 11) is 1.32. The van der Waals surface area contributed by atoms with Gasteiger partial charge in [0.2, 0.25) is 0 Å². The lowest BCUT2D eigenvalue weighted by Gasteiger charge is -2.32. The summed E-state index contributed by atoms with van der Waals surface area (Å²) in [6.45, 7) is 1.91. The van der Waals surface area contributed by atoms with E-state index in [0.717, 1.165) is 22.6 Å². The number of methoxy groups -OCH3 is 1. The summed E-state index contributed by atoms with van der Waals surface area (Å²) in [5.74, 6) is -1.64. The molecular weight excluding hydrogens is 376 g/mol. The van der Waals surface area contributed by atoms with Gasteiger partial charge in [-0.3, -0.25) is 9.59 Å². The predicted molar refractivity (Wildman–Crippen MR) is 109 cm³/mol. The largest absolute Gasteiger partial charge is 0.468 e. The maximum Gasteiger partial charge on any atom is 0.316 e. The van der Waals surface area contributed by atoms with Gasteiger partial charge in [-0.2, -0.15) is 0 Å². The molecule has 0 saturated carbocycles. The van der Waals surface area contributed by atoms with Crippen LogP contribution in [0.2, 0.25) is 5.02 Å². The van der Waals surface area contributed by atoms with E-state index in [1.54, 1.807) is 12.1 Å². The fraction of sp³-hybridized carbons (Fsp3) is 0.273. The van der Waals surface area contributed by atoms with E-state index in [-0.39, 0.29) is 11.7 Å². The number of esters is 1. The molecule has 1 aliphatic heterocycles. The molecule has 0 unspecified atom stereocenters. The van der Waals surface area contributed by atoms with Crippen LogP contribution in [0, 0.1) is 11.8 Å². The lowest BCUT2D eigenvalue weighted by molar-refractivity contribution is -0.151. The van der Waals surface area contributed by atoms with Crippen LogP contribution < -0.4 is 10.6 Å². The highest BCUT2D eigenvalue weighted by Crippen LogP contribution is 2.43. The summed E-state index contributed by atoms with van der Waals surface area (Å²) < 4.78 is 4.92. The van der Waals surface area contributed by atoms with E-state index in [1.807, 2.05) is 43.3 Å². The fourth-order valence-electron chi connectivity index (χ4n) is 4.04. The first-order valence-corrected chi connectivity index (χ1v) is 9.60. The predicted octanol–water partition coefficient (Wildman–Crippen LogP) is 4.57. The summed E-state index contributed by atoms with van der Waals surface area (Å²) in [6, 6.07) is 14.8. The molecule has 0 fully saturated rings. The van der Waals surface area contributed by atoms with Crippen LogP contribution >= 0.6 is 11.6 Å². The molecule has 144 valence electrons. The highest BCUT2D eigenvalue weighted by atomic mass is 35.5. The van der Waals surface area contributed by atoms with Crippen molar-refractivity contribution in [2.45, 2.75) is 19.4 Å². The first-order chi connectivity index (χ1) is 13.5. The number of anilines is 2. The standard InChI is InChI=1S/C22H21ClN2O3/c1-12-11-17-19(21(26)18(12)22(27)28-2)20(13-7-9-14(23)10-8-13)25-16-6-4-3-5-15(16)24-17/h3-10,12,18,20,24-25H,11H2,1-2H3/t12-,18+,20+/m1/s1. The van der Waals surface area contributed by atoms with Crippen LogP contribution in [0.3, 0.4) is 0 Å². The fourth-order valence-corrected chi connectivity index (χ4v) is 4.17.